The summed E-state index contributed by atoms with van der Waals surface area (Å²) in [5.74, 6) is 2.33. The maximum absolute atomic E-state index is 11.3. The van der Waals surface area contributed by atoms with Crippen molar-refractivity contribution in [3.63, 3.8) is 0 Å². The van der Waals surface area contributed by atoms with E-state index in [1.165, 1.54) is 0 Å². The third-order valence-corrected chi connectivity index (χ3v) is 5.22. The van der Waals surface area contributed by atoms with E-state index in [1.807, 2.05) is 0 Å². The minimum Gasteiger partial charge on any atom is -0.228 e. The van der Waals surface area contributed by atoms with Crippen molar-refractivity contribution in [3.8, 4) is 12.3 Å². The topological polar surface area (TPSA) is 80.3 Å². The third-order valence-electron chi connectivity index (χ3n) is 1.57. The number of hydrogen-bond acceptors (Lipinski definition) is 4. The molecule has 0 aromatic rings. The molecule has 0 bridgehead atoms. The minimum atomic E-state index is -3.81. The molecule has 0 saturated carbocycles. The average Bonchev–Trinajstić information content (AvgIpc) is 1.98. The predicted molar refractivity (Wildman–Crippen MR) is 59.3 cm³/mol. The highest BCUT2D eigenvalue weighted by Crippen LogP contribution is 2.01. The molecule has 0 amide bonds. The Balaban J connectivity index is 4.58. The van der Waals surface area contributed by atoms with Crippen LogP contribution in [-0.4, -0.2) is 34.2 Å². The zero-order valence-corrected chi connectivity index (χ0v) is 10.4. The van der Waals surface area contributed by atoms with Gasteiger partial charge in [-0.3, -0.25) is 0 Å². The van der Waals surface area contributed by atoms with Gasteiger partial charge in [0.25, 0.3) is 0 Å². The number of nitrogens with one attached hydrogen (secondary N) is 1. The molecular weight excluding hydrogens is 238 g/mol. The summed E-state index contributed by atoms with van der Waals surface area (Å²) in [4.78, 5) is 0. The highest BCUT2D eigenvalue weighted by Gasteiger charge is 2.20. The lowest BCUT2D eigenvalue weighted by atomic mass is 10.2. The summed E-state index contributed by atoms with van der Waals surface area (Å²) >= 11 is 0. The van der Waals surface area contributed by atoms with Crippen LogP contribution in [-0.2, 0) is 19.9 Å². The molecule has 0 saturated heterocycles. The van der Waals surface area contributed by atoms with Gasteiger partial charge in [-0.25, -0.2) is 21.6 Å². The molecule has 0 aliphatic carbocycles. The molecule has 0 rings (SSSR count). The zero-order valence-electron chi connectivity index (χ0n) is 8.73. The van der Waals surface area contributed by atoms with Gasteiger partial charge >= 0.3 is 0 Å². The highest BCUT2D eigenvalue weighted by atomic mass is 32.3. The third kappa shape index (κ3) is 7.36. The van der Waals surface area contributed by atoms with Crippen LogP contribution < -0.4 is 4.72 Å². The Morgan fingerprint density at radius 3 is 2.20 bits per heavy atom. The second kappa shape index (κ2) is 5.49. The molecule has 1 unspecified atom stereocenters. The first kappa shape index (κ1) is 14.4. The summed E-state index contributed by atoms with van der Waals surface area (Å²) in [5, 5.41) is -0.902. The van der Waals surface area contributed by atoms with Crippen LogP contribution in [0.15, 0.2) is 0 Å². The molecule has 5 nitrogen and oxygen atoms in total. The standard InChI is InChI=1S/C8H15NO4S2/c1-4-6-8(5-2)9-15(12,13)7-14(3,10)11/h1,8-9H,5-7H2,2-3H3. The van der Waals surface area contributed by atoms with E-state index in [2.05, 4.69) is 10.6 Å². The fraction of sp³-hybridized carbons (Fsp3) is 0.750. The molecule has 0 aliphatic rings. The fourth-order valence-electron chi connectivity index (χ4n) is 0.981. The van der Waals surface area contributed by atoms with Gasteiger partial charge in [-0.1, -0.05) is 6.92 Å². The van der Waals surface area contributed by atoms with Gasteiger partial charge in [0.1, 0.15) is 0 Å². The van der Waals surface area contributed by atoms with Crippen molar-refractivity contribution in [3.05, 3.63) is 0 Å². The van der Waals surface area contributed by atoms with E-state index in [1.54, 1.807) is 6.92 Å². The molecule has 1 N–H and O–H groups in total. The van der Waals surface area contributed by atoms with Gasteiger partial charge in [0.15, 0.2) is 14.9 Å². The van der Waals surface area contributed by atoms with Crippen LogP contribution in [0, 0.1) is 12.3 Å². The smallest absolute Gasteiger partial charge is 0.226 e. The first-order valence-corrected chi connectivity index (χ1v) is 8.02. The van der Waals surface area contributed by atoms with Crippen molar-refractivity contribution in [1.29, 1.82) is 0 Å². The lowest BCUT2D eigenvalue weighted by Gasteiger charge is -2.13. The van der Waals surface area contributed by atoms with Gasteiger partial charge in [0.2, 0.25) is 10.0 Å². The monoisotopic (exact) mass is 253 g/mol. The van der Waals surface area contributed by atoms with E-state index in [0.29, 0.717) is 6.42 Å². The van der Waals surface area contributed by atoms with Gasteiger partial charge in [-0.2, -0.15) is 0 Å². The number of hydrogen-bond donors (Lipinski definition) is 1. The van der Waals surface area contributed by atoms with Crippen LogP contribution in [0.1, 0.15) is 19.8 Å². The van der Waals surface area contributed by atoms with Crippen molar-refractivity contribution >= 4 is 19.9 Å². The largest absolute Gasteiger partial charge is 0.228 e. The molecule has 15 heavy (non-hydrogen) atoms. The second-order valence-electron chi connectivity index (χ2n) is 3.29. The quantitative estimate of drug-likeness (QED) is 0.660. The molecule has 0 heterocycles. The molecule has 7 heteroatoms. The van der Waals surface area contributed by atoms with E-state index >= 15 is 0 Å². The van der Waals surface area contributed by atoms with Crippen LogP contribution >= 0.6 is 0 Å². The Labute approximate surface area is 91.2 Å². The van der Waals surface area contributed by atoms with Gasteiger partial charge in [0.05, 0.1) is 0 Å². The summed E-state index contributed by atoms with van der Waals surface area (Å²) < 4.78 is 46.5. The Hall–Kier alpha value is -0.580. The first-order chi connectivity index (χ1) is 6.70. The number of sulfone groups is 1. The van der Waals surface area contributed by atoms with E-state index in [0.717, 1.165) is 6.26 Å². The van der Waals surface area contributed by atoms with Gasteiger partial charge < -0.3 is 0 Å². The van der Waals surface area contributed by atoms with Crippen LogP contribution in [0.3, 0.4) is 0 Å². The second-order valence-corrected chi connectivity index (χ2v) is 7.55. The normalized spacial score (nSPS) is 14.5. The average molecular weight is 253 g/mol. The Morgan fingerprint density at radius 1 is 1.33 bits per heavy atom. The summed E-state index contributed by atoms with van der Waals surface area (Å²) in [6, 6.07) is -0.401. The molecule has 1 atom stereocenters. The molecule has 0 fully saturated rings. The Kier molecular flexibility index (Phi) is 5.28. The summed E-state index contributed by atoms with van der Waals surface area (Å²) in [6.07, 6.45) is 6.69. The van der Waals surface area contributed by atoms with Crippen molar-refractivity contribution in [2.45, 2.75) is 25.8 Å². The molecule has 88 valence electrons. The lowest BCUT2D eigenvalue weighted by molar-refractivity contribution is 0.546. The number of rotatable bonds is 6. The van der Waals surface area contributed by atoms with Crippen LogP contribution in [0.2, 0.25) is 0 Å². The predicted octanol–water partition coefficient (Wildman–Crippen LogP) is -0.290. The summed E-state index contributed by atoms with van der Waals surface area (Å²) in [7, 11) is -7.36. The first-order valence-electron chi connectivity index (χ1n) is 4.31. The molecular formula is C8H15NO4S2. The Bertz CT molecular complexity index is 430. The van der Waals surface area contributed by atoms with Gasteiger partial charge in [0, 0.05) is 18.7 Å². The van der Waals surface area contributed by atoms with Crippen molar-refractivity contribution in [2.24, 2.45) is 0 Å². The number of terminal acetylenes is 1. The van der Waals surface area contributed by atoms with Crippen molar-refractivity contribution in [1.82, 2.24) is 4.72 Å². The SMILES string of the molecule is C#CCC(CC)NS(=O)(=O)CS(C)(=O)=O. The fourth-order valence-corrected chi connectivity index (χ4v) is 4.27. The maximum Gasteiger partial charge on any atom is 0.226 e. The van der Waals surface area contributed by atoms with E-state index in [9.17, 15) is 16.8 Å². The molecule has 0 aromatic carbocycles. The van der Waals surface area contributed by atoms with Crippen molar-refractivity contribution in [2.75, 3.05) is 11.3 Å². The maximum atomic E-state index is 11.3. The zero-order chi connectivity index (χ0) is 12.1. The van der Waals surface area contributed by atoms with Crippen LogP contribution in [0.25, 0.3) is 0 Å². The molecule has 0 aromatic heterocycles. The summed E-state index contributed by atoms with van der Waals surface area (Å²) in [6.45, 7) is 1.77. The lowest BCUT2D eigenvalue weighted by Crippen LogP contribution is -2.37. The van der Waals surface area contributed by atoms with Gasteiger partial charge in [-0.15, -0.1) is 12.3 Å². The molecule has 0 aliphatic heterocycles. The molecule has 0 spiro atoms. The molecule has 0 radical (unpaired) electrons. The summed E-state index contributed by atoms with van der Waals surface area (Å²) in [5.41, 5.74) is 0. The highest BCUT2D eigenvalue weighted by molar-refractivity contribution is 8.06. The number of sulfonamides is 1. The Morgan fingerprint density at radius 2 is 1.87 bits per heavy atom. The van der Waals surface area contributed by atoms with E-state index < -0.39 is 31.0 Å². The van der Waals surface area contributed by atoms with Crippen LogP contribution in [0.4, 0.5) is 0 Å². The minimum absolute atomic E-state index is 0.249. The van der Waals surface area contributed by atoms with Gasteiger partial charge in [-0.05, 0) is 6.42 Å². The van der Waals surface area contributed by atoms with Crippen LogP contribution in [0.5, 0.6) is 0 Å². The van der Waals surface area contributed by atoms with Crippen molar-refractivity contribution < 1.29 is 16.8 Å². The van der Waals surface area contributed by atoms with E-state index in [4.69, 9.17) is 6.42 Å². The van der Waals surface area contributed by atoms with E-state index in [-0.39, 0.29) is 6.42 Å².